The summed E-state index contributed by atoms with van der Waals surface area (Å²) in [6, 6.07) is 1.75. The average Bonchev–Trinajstić information content (AvgIpc) is 2.26. The van der Waals surface area contributed by atoms with Crippen molar-refractivity contribution in [2.45, 2.75) is 17.9 Å². The zero-order valence-electron chi connectivity index (χ0n) is 9.51. The Bertz CT molecular complexity index is 423. The molecule has 0 radical (unpaired) electrons. The van der Waals surface area contributed by atoms with Crippen LogP contribution in [0, 0.1) is 0 Å². The van der Waals surface area contributed by atoms with Gasteiger partial charge in [0.15, 0.2) is 0 Å². The molecule has 17 heavy (non-hydrogen) atoms. The van der Waals surface area contributed by atoms with E-state index in [1.807, 2.05) is 6.92 Å². The lowest BCUT2D eigenvalue weighted by Gasteiger charge is -2.26. The summed E-state index contributed by atoms with van der Waals surface area (Å²) in [4.78, 5) is 4.57. The van der Waals surface area contributed by atoms with Gasteiger partial charge in [0.05, 0.1) is 36.4 Å². The number of nitrogen functional groups attached to an aromatic ring is 1. The number of hydrogen-bond donors (Lipinski definition) is 2. The molecule has 1 atom stereocenters. The van der Waals surface area contributed by atoms with E-state index in [1.165, 1.54) is 6.20 Å². The van der Waals surface area contributed by atoms with Gasteiger partial charge in [-0.1, -0.05) is 0 Å². The van der Waals surface area contributed by atoms with Crippen LogP contribution < -0.4 is 15.2 Å². The molecule has 2 rings (SSSR count). The van der Waals surface area contributed by atoms with Crippen LogP contribution in [-0.2, 0) is 15.7 Å². The van der Waals surface area contributed by atoms with Gasteiger partial charge in [0.25, 0.3) is 0 Å². The van der Waals surface area contributed by atoms with Crippen LogP contribution >= 0.6 is 0 Å². The highest BCUT2D eigenvalue weighted by atomic mass is 32.2. The van der Waals surface area contributed by atoms with E-state index in [9.17, 15) is 4.21 Å². The maximum Gasteiger partial charge on any atom is 0.237 e. The first-order chi connectivity index (χ1) is 8.20. The van der Waals surface area contributed by atoms with E-state index >= 15 is 0 Å². The molecule has 94 valence electrons. The lowest BCUT2D eigenvalue weighted by Crippen LogP contribution is -2.46. The van der Waals surface area contributed by atoms with E-state index < -0.39 is 11.0 Å². The quantitative estimate of drug-likeness (QED) is 0.779. The maximum atomic E-state index is 11.9. The average molecular weight is 257 g/mol. The zero-order valence-corrected chi connectivity index (χ0v) is 10.3. The number of ether oxygens (including phenoxy) is 2. The highest BCUT2D eigenvalue weighted by Gasteiger charge is 2.21. The molecule has 1 aliphatic heterocycles. The van der Waals surface area contributed by atoms with Crippen LogP contribution in [0.4, 0.5) is 5.69 Å². The summed E-state index contributed by atoms with van der Waals surface area (Å²) < 4.78 is 25.0. The van der Waals surface area contributed by atoms with Gasteiger partial charge in [0.1, 0.15) is 11.0 Å². The zero-order chi connectivity index (χ0) is 12.3. The Kier molecular flexibility index (Phi) is 3.93. The van der Waals surface area contributed by atoms with Gasteiger partial charge in [0, 0.05) is 6.20 Å². The van der Waals surface area contributed by atoms with Crippen LogP contribution in [0.1, 0.15) is 6.92 Å². The first-order valence-electron chi connectivity index (χ1n) is 5.34. The molecule has 0 amide bonds. The first-order valence-corrected chi connectivity index (χ1v) is 6.49. The molecule has 0 spiro atoms. The van der Waals surface area contributed by atoms with Crippen LogP contribution in [0.3, 0.4) is 0 Å². The predicted octanol–water partition coefficient (Wildman–Crippen LogP) is 0.0735. The Hall–Kier alpha value is -1.18. The second-order valence-corrected chi connectivity index (χ2v) is 4.86. The van der Waals surface area contributed by atoms with Gasteiger partial charge in [-0.25, -0.2) is 13.9 Å². The standard InChI is InChI=1S/C10H15N3O3S/c1-2-16-10-9(11)3-8(4-12-10)17(14)13-7-5-15-6-7/h3-4,7,13H,2,5-6,11H2,1H3. The first kappa shape index (κ1) is 12.3. The molecular weight excluding hydrogens is 242 g/mol. The molecule has 7 heteroatoms. The predicted molar refractivity (Wildman–Crippen MR) is 64.0 cm³/mol. The SMILES string of the molecule is CCOc1ncc(S(=O)NC2COC2)cc1N. The Morgan fingerprint density at radius 1 is 1.71 bits per heavy atom. The molecule has 2 heterocycles. The van der Waals surface area contributed by atoms with E-state index in [0.717, 1.165) is 0 Å². The number of nitrogens with one attached hydrogen (secondary N) is 1. The Morgan fingerprint density at radius 2 is 2.47 bits per heavy atom. The normalized spacial score (nSPS) is 17.5. The molecule has 1 saturated heterocycles. The summed E-state index contributed by atoms with van der Waals surface area (Å²) in [7, 11) is -1.31. The number of pyridine rings is 1. The van der Waals surface area contributed by atoms with Gasteiger partial charge in [0.2, 0.25) is 5.88 Å². The molecule has 1 unspecified atom stereocenters. The van der Waals surface area contributed by atoms with Gasteiger partial charge < -0.3 is 15.2 Å². The lowest BCUT2D eigenvalue weighted by atomic mass is 10.3. The smallest absolute Gasteiger partial charge is 0.237 e. The highest BCUT2D eigenvalue weighted by Crippen LogP contribution is 2.20. The van der Waals surface area contributed by atoms with Crippen molar-refractivity contribution in [1.82, 2.24) is 9.71 Å². The van der Waals surface area contributed by atoms with E-state index in [0.29, 0.717) is 36.3 Å². The lowest BCUT2D eigenvalue weighted by molar-refractivity contribution is 0.00539. The second kappa shape index (κ2) is 5.44. The van der Waals surface area contributed by atoms with Gasteiger partial charge in [-0.05, 0) is 13.0 Å². The van der Waals surface area contributed by atoms with Crippen molar-refractivity contribution < 1.29 is 13.7 Å². The third kappa shape index (κ3) is 2.93. The number of anilines is 1. The van der Waals surface area contributed by atoms with Crippen LogP contribution in [0.5, 0.6) is 5.88 Å². The minimum absolute atomic E-state index is 0.142. The van der Waals surface area contributed by atoms with Crippen molar-refractivity contribution in [3.8, 4) is 5.88 Å². The van der Waals surface area contributed by atoms with Gasteiger partial charge in [-0.3, -0.25) is 0 Å². The molecule has 1 aliphatic rings. The van der Waals surface area contributed by atoms with Crippen molar-refractivity contribution in [3.05, 3.63) is 12.3 Å². The van der Waals surface area contributed by atoms with Crippen LogP contribution in [0.15, 0.2) is 17.2 Å². The molecule has 0 saturated carbocycles. The van der Waals surface area contributed by atoms with Crippen molar-refractivity contribution >= 4 is 16.7 Å². The minimum Gasteiger partial charge on any atom is -0.477 e. The molecule has 3 N–H and O–H groups in total. The molecule has 1 aromatic rings. The summed E-state index contributed by atoms with van der Waals surface area (Å²) in [5.74, 6) is 0.375. The monoisotopic (exact) mass is 257 g/mol. The molecule has 0 aromatic carbocycles. The van der Waals surface area contributed by atoms with Crippen molar-refractivity contribution in [2.24, 2.45) is 0 Å². The van der Waals surface area contributed by atoms with Gasteiger partial charge in [-0.15, -0.1) is 0 Å². The number of rotatable bonds is 5. The topological polar surface area (TPSA) is 86.5 Å². The fraction of sp³-hybridized carbons (Fsp3) is 0.500. The fourth-order valence-electron chi connectivity index (χ4n) is 1.33. The summed E-state index contributed by atoms with van der Waals surface area (Å²) in [5, 5.41) is 0. The summed E-state index contributed by atoms with van der Waals surface area (Å²) >= 11 is 0. The highest BCUT2D eigenvalue weighted by molar-refractivity contribution is 7.83. The Morgan fingerprint density at radius 3 is 3.00 bits per heavy atom. The summed E-state index contributed by atoms with van der Waals surface area (Å²) in [6.45, 7) is 3.53. The number of nitrogens with zero attached hydrogens (tertiary/aromatic N) is 1. The second-order valence-electron chi connectivity index (χ2n) is 3.62. The molecular formula is C10H15N3O3S. The maximum absolute atomic E-state index is 11.9. The number of hydrogen-bond acceptors (Lipinski definition) is 5. The summed E-state index contributed by atoms with van der Waals surface area (Å²) in [6.07, 6.45) is 1.50. The fourth-order valence-corrected chi connectivity index (χ4v) is 2.29. The van der Waals surface area contributed by atoms with E-state index in [1.54, 1.807) is 6.07 Å². The molecule has 1 aromatic heterocycles. The third-order valence-corrected chi connectivity index (χ3v) is 3.46. The van der Waals surface area contributed by atoms with Crippen molar-refractivity contribution in [2.75, 3.05) is 25.6 Å². The Balaban J connectivity index is 2.04. The van der Waals surface area contributed by atoms with Gasteiger partial charge in [-0.2, -0.15) is 0 Å². The minimum atomic E-state index is -1.31. The largest absolute Gasteiger partial charge is 0.477 e. The summed E-state index contributed by atoms with van der Waals surface area (Å²) in [5.41, 5.74) is 6.14. The molecule has 6 nitrogen and oxygen atoms in total. The van der Waals surface area contributed by atoms with Crippen LogP contribution in [0.2, 0.25) is 0 Å². The van der Waals surface area contributed by atoms with E-state index in [4.69, 9.17) is 15.2 Å². The third-order valence-electron chi connectivity index (χ3n) is 2.26. The number of aromatic nitrogens is 1. The van der Waals surface area contributed by atoms with E-state index in [-0.39, 0.29) is 6.04 Å². The molecule has 1 fully saturated rings. The molecule has 0 aliphatic carbocycles. The van der Waals surface area contributed by atoms with Crippen molar-refractivity contribution in [3.63, 3.8) is 0 Å². The van der Waals surface area contributed by atoms with Crippen molar-refractivity contribution in [1.29, 1.82) is 0 Å². The van der Waals surface area contributed by atoms with Crippen LogP contribution in [-0.4, -0.2) is 35.1 Å². The van der Waals surface area contributed by atoms with Crippen LogP contribution in [0.25, 0.3) is 0 Å². The number of nitrogens with two attached hydrogens (primary N) is 1. The van der Waals surface area contributed by atoms with E-state index in [2.05, 4.69) is 9.71 Å². The van der Waals surface area contributed by atoms with Gasteiger partial charge >= 0.3 is 0 Å². The molecule has 0 bridgehead atoms. The Labute approximate surface area is 102 Å².